The molecule has 0 N–H and O–H groups in total. The van der Waals surface area contributed by atoms with Gasteiger partial charge in [-0.15, -0.1) is 0 Å². The minimum Gasteiger partial charge on any atom is -0.0599 e. The zero-order chi connectivity index (χ0) is 8.06. The molecule has 0 nitrogen and oxygen atoms in total. The summed E-state index contributed by atoms with van der Waals surface area (Å²) in [5.74, 6) is 3.26. The van der Waals surface area contributed by atoms with Gasteiger partial charge in [-0.25, -0.2) is 0 Å². The summed E-state index contributed by atoms with van der Waals surface area (Å²) in [5, 5.41) is 0. The predicted molar refractivity (Wildman–Crippen MR) is 48.4 cm³/mol. The van der Waals surface area contributed by atoms with Crippen molar-refractivity contribution in [2.75, 3.05) is 0 Å². The third kappa shape index (κ3) is 1.21. The Labute approximate surface area is 70.4 Å². The fourth-order valence-corrected chi connectivity index (χ4v) is 3.31. The topological polar surface area (TPSA) is 0 Å². The quantitative estimate of drug-likeness (QED) is 0.498. The lowest BCUT2D eigenvalue weighted by Crippen LogP contribution is -2.25. The molecule has 0 saturated heterocycles. The van der Waals surface area contributed by atoms with E-state index >= 15 is 0 Å². The second-order valence-corrected chi connectivity index (χ2v) is 5.65. The van der Waals surface area contributed by atoms with Crippen molar-refractivity contribution in [1.82, 2.24) is 0 Å². The maximum absolute atomic E-state index is 2.42. The summed E-state index contributed by atoms with van der Waals surface area (Å²) >= 11 is 0. The summed E-state index contributed by atoms with van der Waals surface area (Å²) in [6, 6.07) is 0. The van der Waals surface area contributed by atoms with Gasteiger partial charge in [0.1, 0.15) is 0 Å². The third-order valence-electron chi connectivity index (χ3n) is 3.85. The Morgan fingerprint density at radius 2 is 1.73 bits per heavy atom. The molecule has 0 heterocycles. The maximum atomic E-state index is 2.42. The van der Waals surface area contributed by atoms with Crippen molar-refractivity contribution in [1.29, 1.82) is 0 Å². The van der Waals surface area contributed by atoms with Gasteiger partial charge in [-0.3, -0.25) is 0 Å². The van der Waals surface area contributed by atoms with Crippen LogP contribution >= 0.6 is 0 Å². The van der Waals surface area contributed by atoms with E-state index in [1.165, 1.54) is 19.3 Å². The van der Waals surface area contributed by atoms with Gasteiger partial charge in [-0.2, -0.15) is 0 Å². The van der Waals surface area contributed by atoms with Gasteiger partial charge >= 0.3 is 0 Å². The highest BCUT2D eigenvalue weighted by Crippen LogP contribution is 2.54. The molecule has 64 valence electrons. The lowest BCUT2D eigenvalue weighted by atomic mass is 9.72. The highest BCUT2D eigenvalue weighted by molar-refractivity contribution is 4.94. The Morgan fingerprint density at radius 1 is 1.00 bits per heavy atom. The summed E-state index contributed by atoms with van der Waals surface area (Å²) in [4.78, 5) is 0. The van der Waals surface area contributed by atoms with Gasteiger partial charge in [0.15, 0.2) is 0 Å². The fourth-order valence-electron chi connectivity index (χ4n) is 3.31. The number of rotatable bonds is 0. The standard InChI is InChI=1S/C11H20/c1-11(2,3)10-7-8-4-5-9(10)6-8/h8-10H,4-7H2,1-3H3/t8-,9+,10?/m0/s1. The van der Waals surface area contributed by atoms with E-state index in [9.17, 15) is 0 Å². The van der Waals surface area contributed by atoms with Crippen LogP contribution in [0, 0.1) is 23.2 Å². The van der Waals surface area contributed by atoms with Crippen LogP contribution in [0.15, 0.2) is 0 Å². The molecule has 0 aromatic heterocycles. The van der Waals surface area contributed by atoms with E-state index in [1.54, 1.807) is 6.42 Å². The van der Waals surface area contributed by atoms with Gasteiger partial charge in [-0.05, 0) is 42.4 Å². The van der Waals surface area contributed by atoms with Crippen LogP contribution < -0.4 is 0 Å². The normalized spacial score (nSPS) is 43.4. The van der Waals surface area contributed by atoms with Crippen LogP contribution in [0.25, 0.3) is 0 Å². The molecule has 3 atom stereocenters. The molecule has 0 aromatic carbocycles. The molecule has 0 aliphatic heterocycles. The molecular formula is C11H20. The molecular weight excluding hydrogens is 132 g/mol. The van der Waals surface area contributed by atoms with Crippen molar-refractivity contribution < 1.29 is 0 Å². The second kappa shape index (κ2) is 2.24. The van der Waals surface area contributed by atoms with Gasteiger partial charge < -0.3 is 0 Å². The molecule has 0 spiro atoms. The zero-order valence-electron chi connectivity index (χ0n) is 8.06. The molecule has 11 heavy (non-hydrogen) atoms. The smallest absolute Gasteiger partial charge is 0.0334 e. The van der Waals surface area contributed by atoms with E-state index in [-0.39, 0.29) is 0 Å². The number of fused-ring (bicyclic) bond motifs is 2. The molecule has 1 unspecified atom stereocenters. The van der Waals surface area contributed by atoms with Crippen molar-refractivity contribution in [3.63, 3.8) is 0 Å². The highest BCUT2D eigenvalue weighted by atomic mass is 14.5. The van der Waals surface area contributed by atoms with Crippen LogP contribution in [-0.4, -0.2) is 0 Å². The Bertz CT molecular complexity index is 152. The molecule has 2 rings (SSSR count). The number of hydrogen-bond acceptors (Lipinski definition) is 0. The van der Waals surface area contributed by atoms with Gasteiger partial charge in [0.2, 0.25) is 0 Å². The van der Waals surface area contributed by atoms with Crippen LogP contribution in [0.3, 0.4) is 0 Å². The molecule has 2 fully saturated rings. The van der Waals surface area contributed by atoms with E-state index < -0.39 is 0 Å². The zero-order valence-corrected chi connectivity index (χ0v) is 8.06. The largest absolute Gasteiger partial charge is 0.0599 e. The van der Waals surface area contributed by atoms with E-state index in [1.807, 2.05) is 0 Å². The second-order valence-electron chi connectivity index (χ2n) is 5.65. The average Bonchev–Trinajstić information content (AvgIpc) is 2.42. The average molecular weight is 152 g/mol. The Balaban J connectivity index is 2.08. The SMILES string of the molecule is CC(C)(C)C1C[C@H]2CC[C@@H]1C2. The first kappa shape index (κ1) is 7.64. The first-order chi connectivity index (χ1) is 5.07. The van der Waals surface area contributed by atoms with E-state index in [4.69, 9.17) is 0 Å². The minimum atomic E-state index is 0.583. The molecule has 2 bridgehead atoms. The molecule has 0 amide bonds. The van der Waals surface area contributed by atoms with Crippen molar-refractivity contribution in [2.45, 2.75) is 46.5 Å². The van der Waals surface area contributed by atoms with E-state index in [2.05, 4.69) is 20.8 Å². The molecule has 2 aliphatic carbocycles. The molecule has 0 aromatic rings. The summed E-state index contributed by atoms with van der Waals surface area (Å²) in [6.45, 7) is 7.25. The summed E-state index contributed by atoms with van der Waals surface area (Å²) < 4.78 is 0. The van der Waals surface area contributed by atoms with Crippen LogP contribution in [0.5, 0.6) is 0 Å². The first-order valence-electron chi connectivity index (χ1n) is 5.07. The predicted octanol–water partition coefficient (Wildman–Crippen LogP) is 3.47. The fraction of sp³-hybridized carbons (Fsp3) is 1.00. The van der Waals surface area contributed by atoms with Gasteiger partial charge in [0.05, 0.1) is 0 Å². The lowest BCUT2D eigenvalue weighted by molar-refractivity contribution is 0.161. The third-order valence-corrected chi connectivity index (χ3v) is 3.85. The summed E-state index contributed by atoms with van der Waals surface area (Å²) in [5.41, 5.74) is 0.583. The minimum absolute atomic E-state index is 0.583. The lowest BCUT2D eigenvalue weighted by Gasteiger charge is -2.34. The molecule has 2 saturated carbocycles. The Kier molecular flexibility index (Phi) is 1.56. The summed E-state index contributed by atoms with van der Waals surface area (Å²) in [7, 11) is 0. The van der Waals surface area contributed by atoms with Gasteiger partial charge in [0, 0.05) is 0 Å². The van der Waals surface area contributed by atoms with Crippen LogP contribution in [0.2, 0.25) is 0 Å². The first-order valence-corrected chi connectivity index (χ1v) is 5.07. The van der Waals surface area contributed by atoms with Crippen molar-refractivity contribution in [2.24, 2.45) is 23.2 Å². The number of hydrogen-bond donors (Lipinski definition) is 0. The van der Waals surface area contributed by atoms with Crippen LogP contribution in [0.4, 0.5) is 0 Å². The molecule has 0 radical (unpaired) electrons. The Hall–Kier alpha value is 0. The van der Waals surface area contributed by atoms with Crippen molar-refractivity contribution in [3.05, 3.63) is 0 Å². The summed E-state index contributed by atoms with van der Waals surface area (Å²) in [6.07, 6.45) is 6.17. The van der Waals surface area contributed by atoms with Gasteiger partial charge in [-0.1, -0.05) is 27.2 Å². The Morgan fingerprint density at radius 3 is 2.00 bits per heavy atom. The van der Waals surface area contributed by atoms with Crippen LogP contribution in [-0.2, 0) is 0 Å². The molecule has 0 heteroatoms. The molecule has 2 aliphatic rings. The van der Waals surface area contributed by atoms with Crippen LogP contribution in [0.1, 0.15) is 46.5 Å². The highest BCUT2D eigenvalue weighted by Gasteiger charge is 2.44. The van der Waals surface area contributed by atoms with E-state index in [0.29, 0.717) is 5.41 Å². The monoisotopic (exact) mass is 152 g/mol. The van der Waals surface area contributed by atoms with Crippen molar-refractivity contribution in [3.8, 4) is 0 Å². The van der Waals surface area contributed by atoms with Crippen molar-refractivity contribution >= 4 is 0 Å². The van der Waals surface area contributed by atoms with E-state index in [0.717, 1.165) is 17.8 Å². The maximum Gasteiger partial charge on any atom is -0.0334 e. The van der Waals surface area contributed by atoms with Gasteiger partial charge in [0.25, 0.3) is 0 Å².